The van der Waals surface area contributed by atoms with Crippen LogP contribution in [-0.2, 0) is 0 Å². The number of imidazole rings is 1. The number of anilines is 1. The minimum Gasteiger partial charge on any atom is -0.297 e. The van der Waals surface area contributed by atoms with Crippen molar-refractivity contribution in [2.75, 3.05) is 5.43 Å². The molecule has 0 fully saturated rings. The number of hydrazone groups is 1. The smallest absolute Gasteiger partial charge is 0.237 e. The van der Waals surface area contributed by atoms with Crippen molar-refractivity contribution in [3.8, 4) is 17.8 Å². The van der Waals surface area contributed by atoms with Gasteiger partial charge in [-0.2, -0.15) is 15.6 Å². The van der Waals surface area contributed by atoms with E-state index in [-0.39, 0.29) is 5.71 Å². The number of nitrogens with zero attached hydrogens (tertiary/aromatic N) is 5. The molecule has 0 atom stereocenters. The number of nitriles is 2. The second-order valence-electron chi connectivity index (χ2n) is 4.42. The van der Waals surface area contributed by atoms with E-state index in [1.165, 1.54) is 0 Å². The highest BCUT2D eigenvalue weighted by Crippen LogP contribution is 2.24. The molecular weight excluding hydrogens is 276 g/mol. The van der Waals surface area contributed by atoms with Crippen molar-refractivity contribution in [2.24, 2.45) is 5.10 Å². The first-order valence-electron chi connectivity index (χ1n) is 6.49. The molecular formula is C16H10N6. The summed E-state index contributed by atoms with van der Waals surface area (Å²) in [5, 5.41) is 21.3. The molecule has 3 rings (SSSR count). The lowest BCUT2D eigenvalue weighted by Crippen LogP contribution is -2.01. The molecule has 22 heavy (non-hydrogen) atoms. The third-order valence-electron chi connectivity index (χ3n) is 3.12. The zero-order chi connectivity index (χ0) is 15.4. The van der Waals surface area contributed by atoms with Gasteiger partial charge >= 0.3 is 0 Å². The van der Waals surface area contributed by atoms with Crippen LogP contribution in [0.4, 0.5) is 5.69 Å². The molecule has 0 saturated carbocycles. The third kappa shape index (κ3) is 2.37. The zero-order valence-electron chi connectivity index (χ0n) is 11.4. The Hall–Kier alpha value is -3.64. The Morgan fingerprint density at radius 1 is 1.05 bits per heavy atom. The highest BCUT2D eigenvalue weighted by Gasteiger charge is 2.08. The minimum absolute atomic E-state index is 0.231. The van der Waals surface area contributed by atoms with Crippen molar-refractivity contribution >= 4 is 22.4 Å². The molecule has 6 nitrogen and oxygen atoms in total. The average molecular weight is 286 g/mol. The van der Waals surface area contributed by atoms with Crippen LogP contribution in [0.5, 0.6) is 0 Å². The molecule has 1 heterocycles. The first-order valence-corrected chi connectivity index (χ1v) is 6.49. The van der Waals surface area contributed by atoms with Gasteiger partial charge in [0.1, 0.15) is 18.5 Å². The lowest BCUT2D eigenvalue weighted by molar-refractivity contribution is 1.09. The van der Waals surface area contributed by atoms with Gasteiger partial charge in [0, 0.05) is 0 Å². The van der Waals surface area contributed by atoms with Crippen LogP contribution in [0, 0.1) is 22.7 Å². The number of aromatic nitrogens is 2. The normalized spacial score (nSPS) is 9.73. The van der Waals surface area contributed by atoms with Crippen LogP contribution in [0.1, 0.15) is 0 Å². The molecule has 1 aromatic heterocycles. The number of nitrogens with one attached hydrogen (secondary N) is 1. The summed E-state index contributed by atoms with van der Waals surface area (Å²) in [6, 6.07) is 18.7. The minimum atomic E-state index is -0.231. The number of benzene rings is 2. The Morgan fingerprint density at radius 3 is 2.59 bits per heavy atom. The summed E-state index contributed by atoms with van der Waals surface area (Å²) >= 11 is 0. The van der Waals surface area contributed by atoms with Crippen molar-refractivity contribution in [1.82, 2.24) is 9.55 Å². The topological polar surface area (TPSA) is 89.8 Å². The highest BCUT2D eigenvalue weighted by atomic mass is 15.3. The first-order chi connectivity index (χ1) is 10.8. The van der Waals surface area contributed by atoms with Crippen LogP contribution in [0.3, 0.4) is 0 Å². The van der Waals surface area contributed by atoms with Crippen molar-refractivity contribution < 1.29 is 0 Å². The maximum atomic E-state index is 8.74. The van der Waals surface area contributed by atoms with E-state index < -0.39 is 0 Å². The van der Waals surface area contributed by atoms with Gasteiger partial charge in [-0.25, -0.2) is 4.98 Å². The van der Waals surface area contributed by atoms with E-state index in [1.807, 2.05) is 53.1 Å². The van der Waals surface area contributed by atoms with Crippen molar-refractivity contribution in [3.05, 3.63) is 54.9 Å². The molecule has 0 amide bonds. The molecule has 0 aliphatic heterocycles. The van der Waals surface area contributed by atoms with E-state index in [9.17, 15) is 0 Å². The Morgan fingerprint density at radius 2 is 1.77 bits per heavy atom. The Bertz CT molecular complexity index is 923. The molecule has 0 aliphatic rings. The van der Waals surface area contributed by atoms with Gasteiger partial charge in [-0.15, -0.1) is 0 Å². The van der Waals surface area contributed by atoms with E-state index in [2.05, 4.69) is 15.5 Å². The second kappa shape index (κ2) is 5.78. The van der Waals surface area contributed by atoms with Crippen LogP contribution in [0.15, 0.2) is 60.0 Å². The van der Waals surface area contributed by atoms with Crippen LogP contribution >= 0.6 is 0 Å². The monoisotopic (exact) mass is 286 g/mol. The van der Waals surface area contributed by atoms with E-state index in [0.29, 0.717) is 5.69 Å². The first kappa shape index (κ1) is 13.3. The quantitative estimate of drug-likeness (QED) is 0.592. The molecule has 0 saturated heterocycles. The van der Waals surface area contributed by atoms with E-state index in [0.717, 1.165) is 16.7 Å². The number of hydrogen-bond donors (Lipinski definition) is 1. The van der Waals surface area contributed by atoms with Crippen LogP contribution in [0.2, 0.25) is 0 Å². The summed E-state index contributed by atoms with van der Waals surface area (Å²) in [7, 11) is 0. The van der Waals surface area contributed by atoms with Gasteiger partial charge in [0.2, 0.25) is 5.71 Å². The Kier molecular flexibility index (Phi) is 3.51. The fraction of sp³-hybridized carbons (Fsp3) is 0. The second-order valence-corrected chi connectivity index (χ2v) is 4.42. The molecule has 6 heteroatoms. The summed E-state index contributed by atoms with van der Waals surface area (Å²) in [6.07, 6.45) is 1.73. The molecule has 1 N–H and O–H groups in total. The number of para-hydroxylation sites is 4. The predicted molar refractivity (Wildman–Crippen MR) is 83.4 cm³/mol. The van der Waals surface area contributed by atoms with Gasteiger partial charge in [-0.3, -0.25) is 9.99 Å². The van der Waals surface area contributed by atoms with E-state index in [4.69, 9.17) is 10.5 Å². The number of fused-ring (bicyclic) bond motifs is 1. The van der Waals surface area contributed by atoms with Gasteiger partial charge in [-0.05, 0) is 24.3 Å². The fourth-order valence-corrected chi connectivity index (χ4v) is 2.12. The molecule has 0 radical (unpaired) electrons. The molecule has 0 aliphatic carbocycles. The molecule has 0 spiro atoms. The summed E-state index contributed by atoms with van der Waals surface area (Å²) in [5.74, 6) is 0. The highest BCUT2D eigenvalue weighted by molar-refractivity contribution is 6.10. The van der Waals surface area contributed by atoms with Gasteiger partial charge in [-0.1, -0.05) is 24.3 Å². The fourth-order valence-electron chi connectivity index (χ4n) is 2.12. The summed E-state index contributed by atoms with van der Waals surface area (Å²) in [4.78, 5) is 4.36. The van der Waals surface area contributed by atoms with Crippen LogP contribution in [0.25, 0.3) is 16.7 Å². The SMILES string of the molecule is N#CC(C#N)=NNc1ccccc1-n1cnc2ccccc21. The average Bonchev–Trinajstić information content (AvgIpc) is 3.00. The molecule has 3 aromatic rings. The maximum Gasteiger partial charge on any atom is 0.237 e. The standard InChI is InChI=1S/C16H10N6/c17-9-12(10-18)20-21-14-6-2-4-8-16(14)22-11-19-13-5-1-3-7-15(13)22/h1-8,11,21H. The molecule has 104 valence electrons. The van der Waals surface area contributed by atoms with Gasteiger partial charge in [0.05, 0.1) is 22.4 Å². The molecule has 2 aromatic carbocycles. The Labute approximate surface area is 126 Å². The summed E-state index contributed by atoms with van der Waals surface area (Å²) < 4.78 is 1.92. The van der Waals surface area contributed by atoms with Crippen molar-refractivity contribution in [1.29, 1.82) is 10.5 Å². The summed E-state index contributed by atoms with van der Waals surface area (Å²) in [6.45, 7) is 0. The summed E-state index contributed by atoms with van der Waals surface area (Å²) in [5.41, 5.74) is 5.88. The third-order valence-corrected chi connectivity index (χ3v) is 3.12. The van der Waals surface area contributed by atoms with Crippen LogP contribution < -0.4 is 5.43 Å². The van der Waals surface area contributed by atoms with Crippen molar-refractivity contribution in [2.45, 2.75) is 0 Å². The zero-order valence-corrected chi connectivity index (χ0v) is 11.4. The molecule has 0 unspecified atom stereocenters. The van der Waals surface area contributed by atoms with Crippen LogP contribution in [-0.4, -0.2) is 15.3 Å². The van der Waals surface area contributed by atoms with Crippen molar-refractivity contribution in [3.63, 3.8) is 0 Å². The van der Waals surface area contributed by atoms with Gasteiger partial charge in [0.15, 0.2) is 0 Å². The Balaban J connectivity index is 2.08. The molecule has 0 bridgehead atoms. The maximum absolute atomic E-state index is 8.74. The largest absolute Gasteiger partial charge is 0.297 e. The number of hydrogen-bond acceptors (Lipinski definition) is 5. The van der Waals surface area contributed by atoms with E-state index in [1.54, 1.807) is 18.5 Å². The van der Waals surface area contributed by atoms with Gasteiger partial charge < -0.3 is 0 Å². The number of rotatable bonds is 3. The predicted octanol–water partition coefficient (Wildman–Crippen LogP) is 2.84. The lowest BCUT2D eigenvalue weighted by atomic mass is 10.2. The van der Waals surface area contributed by atoms with Gasteiger partial charge in [0.25, 0.3) is 0 Å². The lowest BCUT2D eigenvalue weighted by Gasteiger charge is -2.10. The van der Waals surface area contributed by atoms with E-state index >= 15 is 0 Å².